The predicted octanol–water partition coefficient (Wildman–Crippen LogP) is 3.23. The van der Waals surface area contributed by atoms with Crippen molar-refractivity contribution >= 4 is 34.3 Å². The molecule has 0 bridgehead atoms. The lowest BCUT2D eigenvalue weighted by Gasteiger charge is -2.30. The number of hydrogen-bond donors (Lipinski definition) is 2. The van der Waals surface area contributed by atoms with E-state index in [0.717, 1.165) is 16.4 Å². The van der Waals surface area contributed by atoms with Crippen LogP contribution in [0.2, 0.25) is 0 Å². The minimum absolute atomic E-state index is 0.0187. The molecular formula is C21H24F3N5O3S. The molecule has 2 N–H and O–H groups in total. The molecule has 1 aromatic carbocycles. The summed E-state index contributed by atoms with van der Waals surface area (Å²) in [5.41, 5.74) is 1.14. The molecule has 1 aliphatic rings. The van der Waals surface area contributed by atoms with Gasteiger partial charge in [-0.3, -0.25) is 14.4 Å². The number of rotatable bonds is 7. The average molecular weight is 484 g/mol. The highest BCUT2D eigenvalue weighted by atomic mass is 32.1. The maximum atomic E-state index is 13.6. The summed E-state index contributed by atoms with van der Waals surface area (Å²) in [5, 5.41) is 8.82. The van der Waals surface area contributed by atoms with Crippen LogP contribution in [-0.2, 0) is 14.4 Å². The zero-order valence-corrected chi connectivity index (χ0v) is 18.9. The molecule has 33 heavy (non-hydrogen) atoms. The van der Waals surface area contributed by atoms with Gasteiger partial charge in [-0.25, -0.2) is 0 Å². The van der Waals surface area contributed by atoms with Crippen LogP contribution in [0.3, 0.4) is 0 Å². The number of aromatic nitrogens is 2. The van der Waals surface area contributed by atoms with E-state index in [4.69, 9.17) is 0 Å². The van der Waals surface area contributed by atoms with Gasteiger partial charge in [0.05, 0.1) is 0 Å². The van der Waals surface area contributed by atoms with Crippen molar-refractivity contribution < 1.29 is 27.6 Å². The second kappa shape index (κ2) is 10.3. The summed E-state index contributed by atoms with van der Waals surface area (Å²) in [6, 6.07) is 5.16. The van der Waals surface area contributed by atoms with E-state index < -0.39 is 41.9 Å². The Morgan fingerprint density at radius 3 is 2.58 bits per heavy atom. The van der Waals surface area contributed by atoms with Crippen LogP contribution in [0.5, 0.6) is 0 Å². The van der Waals surface area contributed by atoms with Gasteiger partial charge in [-0.15, -0.1) is 5.10 Å². The number of carbonyl (C=O) groups excluding carboxylic acids is 3. The van der Waals surface area contributed by atoms with Crippen LogP contribution in [0, 0.1) is 5.92 Å². The summed E-state index contributed by atoms with van der Waals surface area (Å²) >= 11 is 0.932. The fourth-order valence-electron chi connectivity index (χ4n) is 3.48. The third-order valence-electron chi connectivity index (χ3n) is 5.53. The molecule has 1 aromatic heterocycles. The monoisotopic (exact) mass is 483 g/mol. The molecule has 0 aliphatic carbocycles. The molecule has 3 amide bonds. The standard InChI is InChI=1S/C21H24F3N5O3S/c1-3-12(2)17(30)25-16(21(22,23)24)20(32)29-11-7-10-14(29)18(31)26-19-15(27-28-33-19)13-8-5-4-6-9-13/h4-6,8-9,12,14,16H,3,7,10-11H2,1-2H3,(H,25,30)(H,26,31)/t12-,14+,16-/m1/s1. The minimum Gasteiger partial charge on any atom is -0.337 e. The van der Waals surface area contributed by atoms with Crippen molar-refractivity contribution in [1.82, 2.24) is 19.8 Å². The summed E-state index contributed by atoms with van der Waals surface area (Å²) in [7, 11) is 0. The number of halogens is 3. The maximum Gasteiger partial charge on any atom is 0.417 e. The van der Waals surface area contributed by atoms with Gasteiger partial charge in [0.1, 0.15) is 16.7 Å². The van der Waals surface area contributed by atoms with Gasteiger partial charge in [-0.2, -0.15) is 13.2 Å². The van der Waals surface area contributed by atoms with Gasteiger partial charge < -0.3 is 15.5 Å². The van der Waals surface area contributed by atoms with Crippen LogP contribution in [0.4, 0.5) is 18.2 Å². The lowest BCUT2D eigenvalue weighted by Crippen LogP contribution is -2.58. The highest BCUT2D eigenvalue weighted by molar-refractivity contribution is 7.10. The van der Waals surface area contributed by atoms with E-state index in [1.807, 2.05) is 11.4 Å². The number of nitrogens with one attached hydrogen (secondary N) is 2. The van der Waals surface area contributed by atoms with Crippen molar-refractivity contribution in [2.75, 3.05) is 11.9 Å². The van der Waals surface area contributed by atoms with E-state index in [2.05, 4.69) is 14.9 Å². The van der Waals surface area contributed by atoms with Gasteiger partial charge in [-0.05, 0) is 19.3 Å². The number of hydrogen-bond acceptors (Lipinski definition) is 6. The topological polar surface area (TPSA) is 104 Å². The first kappa shape index (κ1) is 24.6. The van der Waals surface area contributed by atoms with Crippen LogP contribution in [0.25, 0.3) is 11.3 Å². The van der Waals surface area contributed by atoms with Crippen molar-refractivity contribution in [2.45, 2.75) is 51.4 Å². The van der Waals surface area contributed by atoms with Crippen LogP contribution in [-0.4, -0.2) is 57.0 Å². The van der Waals surface area contributed by atoms with Gasteiger partial charge in [0.2, 0.25) is 17.9 Å². The maximum absolute atomic E-state index is 13.6. The molecule has 12 heteroatoms. The first-order valence-electron chi connectivity index (χ1n) is 10.5. The molecule has 3 rings (SSSR count). The number of anilines is 1. The Labute approximate surface area is 192 Å². The van der Waals surface area contributed by atoms with Crippen LogP contribution < -0.4 is 10.6 Å². The summed E-state index contributed by atoms with van der Waals surface area (Å²) in [5.74, 6) is -3.52. The molecular weight excluding hydrogens is 459 g/mol. The smallest absolute Gasteiger partial charge is 0.337 e. The average Bonchev–Trinajstić information content (AvgIpc) is 3.45. The first-order valence-corrected chi connectivity index (χ1v) is 11.3. The van der Waals surface area contributed by atoms with Crippen LogP contribution in [0.15, 0.2) is 30.3 Å². The third-order valence-corrected chi connectivity index (χ3v) is 6.17. The molecule has 0 unspecified atom stereocenters. The fraction of sp³-hybridized carbons (Fsp3) is 0.476. The second-order valence-corrected chi connectivity index (χ2v) is 8.54. The van der Waals surface area contributed by atoms with Crippen molar-refractivity contribution in [2.24, 2.45) is 5.92 Å². The Balaban J connectivity index is 1.77. The van der Waals surface area contributed by atoms with Crippen molar-refractivity contribution in [3.8, 4) is 11.3 Å². The Kier molecular flexibility index (Phi) is 7.67. The molecule has 8 nitrogen and oxygen atoms in total. The van der Waals surface area contributed by atoms with Gasteiger partial charge >= 0.3 is 6.18 Å². The minimum atomic E-state index is -4.99. The molecule has 178 valence electrons. The van der Waals surface area contributed by atoms with Crippen molar-refractivity contribution in [3.63, 3.8) is 0 Å². The third kappa shape index (κ3) is 5.67. The fourth-order valence-corrected chi connectivity index (χ4v) is 4.07. The van der Waals surface area contributed by atoms with Gasteiger partial charge in [0.25, 0.3) is 5.91 Å². The molecule has 0 radical (unpaired) electrons. The van der Waals surface area contributed by atoms with E-state index in [1.54, 1.807) is 31.2 Å². The van der Waals surface area contributed by atoms with E-state index in [-0.39, 0.29) is 13.0 Å². The van der Waals surface area contributed by atoms with E-state index in [1.165, 1.54) is 6.92 Å². The zero-order chi connectivity index (χ0) is 24.2. The Morgan fingerprint density at radius 2 is 1.94 bits per heavy atom. The number of likely N-dealkylation sites (tertiary alicyclic amines) is 1. The molecule has 1 fully saturated rings. The van der Waals surface area contributed by atoms with Gasteiger partial charge in [0, 0.05) is 29.6 Å². The number of nitrogens with zero attached hydrogens (tertiary/aromatic N) is 3. The molecule has 0 spiro atoms. The summed E-state index contributed by atoms with van der Waals surface area (Å²) < 4.78 is 44.8. The molecule has 0 saturated carbocycles. The normalized spacial score (nSPS) is 18.0. The number of alkyl halides is 3. The predicted molar refractivity (Wildman–Crippen MR) is 116 cm³/mol. The lowest BCUT2D eigenvalue weighted by molar-refractivity contribution is -0.179. The zero-order valence-electron chi connectivity index (χ0n) is 18.1. The largest absolute Gasteiger partial charge is 0.417 e. The number of benzene rings is 1. The molecule has 2 heterocycles. The quantitative estimate of drug-likeness (QED) is 0.629. The Bertz CT molecular complexity index is 999. The Morgan fingerprint density at radius 1 is 1.24 bits per heavy atom. The van der Waals surface area contributed by atoms with Gasteiger partial charge in [-0.1, -0.05) is 48.7 Å². The van der Waals surface area contributed by atoms with Crippen LogP contribution >= 0.6 is 11.5 Å². The second-order valence-electron chi connectivity index (χ2n) is 7.79. The van der Waals surface area contributed by atoms with E-state index in [9.17, 15) is 27.6 Å². The number of amides is 3. The van der Waals surface area contributed by atoms with Crippen molar-refractivity contribution in [3.05, 3.63) is 30.3 Å². The molecule has 1 aliphatic heterocycles. The summed E-state index contributed by atoms with van der Waals surface area (Å²) in [6.45, 7) is 3.12. The summed E-state index contributed by atoms with van der Waals surface area (Å²) in [6.07, 6.45) is -4.10. The molecule has 1 saturated heterocycles. The first-order chi connectivity index (χ1) is 15.6. The van der Waals surface area contributed by atoms with E-state index in [0.29, 0.717) is 29.1 Å². The SMILES string of the molecule is CC[C@@H](C)C(=O)N[C@H](C(=O)N1CCC[C@H]1C(=O)Nc1snnc1-c1ccccc1)C(F)(F)F. The summed E-state index contributed by atoms with van der Waals surface area (Å²) in [4.78, 5) is 38.7. The van der Waals surface area contributed by atoms with Crippen LogP contribution in [0.1, 0.15) is 33.1 Å². The number of carbonyl (C=O) groups is 3. The van der Waals surface area contributed by atoms with Crippen molar-refractivity contribution in [1.29, 1.82) is 0 Å². The molecule has 2 aromatic rings. The van der Waals surface area contributed by atoms with E-state index >= 15 is 0 Å². The highest BCUT2D eigenvalue weighted by Gasteiger charge is 2.50. The highest BCUT2D eigenvalue weighted by Crippen LogP contribution is 2.31. The Hall–Kier alpha value is -3.02. The lowest BCUT2D eigenvalue weighted by atomic mass is 10.1. The van der Waals surface area contributed by atoms with Gasteiger partial charge in [0.15, 0.2) is 0 Å². The molecule has 3 atom stereocenters.